The van der Waals surface area contributed by atoms with Crippen molar-refractivity contribution in [1.82, 2.24) is 9.97 Å². The molecule has 0 amide bonds. The van der Waals surface area contributed by atoms with Crippen LogP contribution in [0.25, 0.3) is 11.3 Å². The monoisotopic (exact) mass is 347 g/mol. The zero-order valence-electron chi connectivity index (χ0n) is 13.3. The first-order valence-electron chi connectivity index (χ1n) is 7.49. The average Bonchev–Trinajstić information content (AvgIpc) is 2.64. The maximum absolute atomic E-state index is 12.1. The molecule has 0 saturated carbocycles. The SMILES string of the molecule is N#Cc1c(-c2ccccc2)nc(NN=Cc2ccc(O)cc2O)[nH]c1=O. The Balaban J connectivity index is 1.92. The number of aromatic amines is 1. The van der Waals surface area contributed by atoms with Gasteiger partial charge in [-0.05, 0) is 12.1 Å². The van der Waals surface area contributed by atoms with Crippen LogP contribution in [0.5, 0.6) is 11.5 Å². The van der Waals surface area contributed by atoms with Crippen molar-refractivity contribution in [3.8, 4) is 28.8 Å². The number of hydrogen-bond donors (Lipinski definition) is 4. The summed E-state index contributed by atoms with van der Waals surface area (Å²) in [5.41, 5.74) is 3.09. The smallest absolute Gasteiger partial charge is 0.270 e. The summed E-state index contributed by atoms with van der Waals surface area (Å²) in [6, 6.07) is 14.8. The molecule has 1 aromatic heterocycles. The minimum atomic E-state index is -0.591. The number of anilines is 1. The lowest BCUT2D eigenvalue weighted by atomic mass is 10.1. The van der Waals surface area contributed by atoms with Crippen molar-refractivity contribution in [1.29, 1.82) is 5.26 Å². The van der Waals surface area contributed by atoms with Crippen LogP contribution in [0, 0.1) is 11.3 Å². The van der Waals surface area contributed by atoms with Gasteiger partial charge < -0.3 is 10.2 Å². The lowest BCUT2D eigenvalue weighted by Crippen LogP contribution is -2.16. The Morgan fingerprint density at radius 1 is 1.19 bits per heavy atom. The molecule has 2 aromatic carbocycles. The molecule has 0 aliphatic heterocycles. The number of nitriles is 1. The quantitative estimate of drug-likeness (QED) is 0.422. The number of aromatic nitrogens is 2. The molecule has 26 heavy (non-hydrogen) atoms. The summed E-state index contributed by atoms with van der Waals surface area (Å²) in [6.45, 7) is 0. The van der Waals surface area contributed by atoms with Crippen LogP contribution >= 0.6 is 0 Å². The third-order valence-electron chi connectivity index (χ3n) is 3.47. The Morgan fingerprint density at radius 2 is 1.96 bits per heavy atom. The van der Waals surface area contributed by atoms with E-state index in [9.17, 15) is 20.3 Å². The molecule has 0 unspecified atom stereocenters. The lowest BCUT2D eigenvalue weighted by Gasteiger charge is -2.06. The summed E-state index contributed by atoms with van der Waals surface area (Å²) in [4.78, 5) is 18.8. The van der Waals surface area contributed by atoms with Crippen molar-refractivity contribution in [2.24, 2.45) is 5.10 Å². The highest BCUT2D eigenvalue weighted by Crippen LogP contribution is 2.21. The summed E-state index contributed by atoms with van der Waals surface area (Å²) >= 11 is 0. The summed E-state index contributed by atoms with van der Waals surface area (Å²) in [5.74, 6) is -0.178. The number of phenolic OH excluding ortho intramolecular Hbond substituents is 2. The van der Waals surface area contributed by atoms with E-state index in [0.29, 0.717) is 11.1 Å². The van der Waals surface area contributed by atoms with Gasteiger partial charge in [-0.25, -0.2) is 10.4 Å². The molecule has 4 N–H and O–H groups in total. The Labute approximate surface area is 147 Å². The molecule has 3 rings (SSSR count). The fraction of sp³-hybridized carbons (Fsp3) is 0. The third-order valence-corrected chi connectivity index (χ3v) is 3.47. The number of H-pyrrole nitrogens is 1. The van der Waals surface area contributed by atoms with Crippen molar-refractivity contribution >= 4 is 12.2 Å². The van der Waals surface area contributed by atoms with Crippen LogP contribution in [0.2, 0.25) is 0 Å². The number of hydrogen-bond acceptors (Lipinski definition) is 7. The molecule has 0 radical (unpaired) electrons. The predicted octanol–water partition coefficient (Wildman–Crippen LogP) is 2.17. The molecule has 128 valence electrons. The van der Waals surface area contributed by atoms with Crippen molar-refractivity contribution in [3.63, 3.8) is 0 Å². The van der Waals surface area contributed by atoms with Gasteiger partial charge in [0.05, 0.1) is 11.9 Å². The van der Waals surface area contributed by atoms with Gasteiger partial charge >= 0.3 is 0 Å². The van der Waals surface area contributed by atoms with E-state index >= 15 is 0 Å². The largest absolute Gasteiger partial charge is 0.508 e. The van der Waals surface area contributed by atoms with Gasteiger partial charge in [0, 0.05) is 17.2 Å². The molecule has 3 aromatic rings. The Kier molecular flexibility index (Phi) is 4.63. The van der Waals surface area contributed by atoms with E-state index in [4.69, 9.17) is 0 Å². The van der Waals surface area contributed by atoms with Gasteiger partial charge in [0.1, 0.15) is 23.1 Å². The fourth-order valence-electron chi connectivity index (χ4n) is 2.24. The number of hydrazone groups is 1. The number of benzene rings is 2. The molecule has 0 spiro atoms. The molecular weight excluding hydrogens is 334 g/mol. The Bertz CT molecular complexity index is 1070. The van der Waals surface area contributed by atoms with Crippen LogP contribution < -0.4 is 11.0 Å². The summed E-state index contributed by atoms with van der Waals surface area (Å²) in [7, 11) is 0. The predicted molar refractivity (Wildman–Crippen MR) is 96.0 cm³/mol. The number of nitrogens with one attached hydrogen (secondary N) is 2. The standard InChI is InChI=1S/C18H13N5O3/c19-9-14-16(11-4-2-1-3-5-11)21-18(22-17(14)26)23-20-10-12-6-7-13(24)8-15(12)25/h1-8,10,24-25H,(H2,21,22,23,26). The number of rotatable bonds is 4. The second-order valence-electron chi connectivity index (χ2n) is 5.23. The molecule has 0 aliphatic rings. The van der Waals surface area contributed by atoms with Gasteiger partial charge in [-0.3, -0.25) is 9.78 Å². The third kappa shape index (κ3) is 3.52. The molecule has 0 bridgehead atoms. The topological polar surface area (TPSA) is 134 Å². The highest BCUT2D eigenvalue weighted by Gasteiger charge is 2.12. The van der Waals surface area contributed by atoms with E-state index in [-0.39, 0.29) is 28.7 Å². The fourth-order valence-corrected chi connectivity index (χ4v) is 2.24. The van der Waals surface area contributed by atoms with Crippen LogP contribution in [-0.4, -0.2) is 26.4 Å². The van der Waals surface area contributed by atoms with Crippen LogP contribution in [-0.2, 0) is 0 Å². The van der Waals surface area contributed by atoms with Crippen LogP contribution in [0.3, 0.4) is 0 Å². The zero-order valence-corrected chi connectivity index (χ0v) is 13.3. The molecule has 0 aliphatic carbocycles. The van der Waals surface area contributed by atoms with E-state index in [2.05, 4.69) is 20.5 Å². The van der Waals surface area contributed by atoms with Gasteiger partial charge in [-0.15, -0.1) is 0 Å². The first-order chi connectivity index (χ1) is 12.6. The molecule has 1 heterocycles. The number of phenols is 2. The summed E-state index contributed by atoms with van der Waals surface area (Å²) < 4.78 is 0. The van der Waals surface area contributed by atoms with Crippen LogP contribution in [0.4, 0.5) is 5.95 Å². The summed E-state index contributed by atoms with van der Waals surface area (Å²) in [5, 5.41) is 32.1. The van der Waals surface area contributed by atoms with E-state index < -0.39 is 5.56 Å². The molecule has 0 fully saturated rings. The zero-order chi connectivity index (χ0) is 18.5. The van der Waals surface area contributed by atoms with Gasteiger partial charge in [0.15, 0.2) is 0 Å². The number of aromatic hydroxyl groups is 2. The second kappa shape index (κ2) is 7.19. The van der Waals surface area contributed by atoms with Gasteiger partial charge in [-0.1, -0.05) is 30.3 Å². The molecule has 0 saturated heterocycles. The van der Waals surface area contributed by atoms with Gasteiger partial charge in [0.25, 0.3) is 5.56 Å². The van der Waals surface area contributed by atoms with Crippen molar-refractivity contribution in [2.45, 2.75) is 0 Å². The molecular formula is C18H13N5O3. The minimum Gasteiger partial charge on any atom is -0.508 e. The summed E-state index contributed by atoms with van der Waals surface area (Å²) in [6.07, 6.45) is 1.30. The molecule has 0 atom stereocenters. The number of nitrogens with zero attached hydrogens (tertiary/aromatic N) is 3. The highest BCUT2D eigenvalue weighted by molar-refractivity contribution is 5.84. The van der Waals surface area contributed by atoms with E-state index in [1.54, 1.807) is 24.3 Å². The first-order valence-corrected chi connectivity index (χ1v) is 7.49. The Hall–Kier alpha value is -4.12. The average molecular weight is 347 g/mol. The van der Waals surface area contributed by atoms with E-state index in [0.717, 1.165) is 0 Å². The van der Waals surface area contributed by atoms with E-state index in [1.807, 2.05) is 12.1 Å². The lowest BCUT2D eigenvalue weighted by molar-refractivity contribution is 0.450. The Morgan fingerprint density at radius 3 is 2.65 bits per heavy atom. The molecule has 8 nitrogen and oxygen atoms in total. The minimum absolute atomic E-state index is 0.0439. The van der Waals surface area contributed by atoms with Crippen LogP contribution in [0.15, 0.2) is 58.4 Å². The van der Waals surface area contributed by atoms with Gasteiger partial charge in [-0.2, -0.15) is 10.4 Å². The highest BCUT2D eigenvalue weighted by atomic mass is 16.3. The van der Waals surface area contributed by atoms with Crippen molar-refractivity contribution < 1.29 is 10.2 Å². The second-order valence-corrected chi connectivity index (χ2v) is 5.23. The van der Waals surface area contributed by atoms with Gasteiger partial charge in [0.2, 0.25) is 5.95 Å². The van der Waals surface area contributed by atoms with Crippen molar-refractivity contribution in [3.05, 3.63) is 70.0 Å². The normalized spacial score (nSPS) is 10.6. The van der Waals surface area contributed by atoms with E-state index in [1.165, 1.54) is 24.4 Å². The van der Waals surface area contributed by atoms with Crippen molar-refractivity contribution in [2.75, 3.05) is 5.43 Å². The maximum Gasteiger partial charge on any atom is 0.270 e. The maximum atomic E-state index is 12.1. The van der Waals surface area contributed by atoms with Crippen LogP contribution in [0.1, 0.15) is 11.1 Å². The first kappa shape index (κ1) is 16.7. The molecule has 8 heteroatoms.